The van der Waals surface area contributed by atoms with Crippen LogP contribution >= 0.6 is 23.1 Å². The van der Waals surface area contributed by atoms with Crippen LogP contribution in [-0.4, -0.2) is 31.4 Å². The number of nitrogen functional groups attached to an aromatic ring is 1. The Bertz CT molecular complexity index is 861. The Kier molecular flexibility index (Phi) is 5.34. The van der Waals surface area contributed by atoms with E-state index in [0.29, 0.717) is 10.3 Å². The fourth-order valence-electron chi connectivity index (χ4n) is 2.28. The van der Waals surface area contributed by atoms with Gasteiger partial charge in [0.15, 0.2) is 10.3 Å². The Balaban J connectivity index is 1.74. The van der Waals surface area contributed by atoms with Gasteiger partial charge < -0.3 is 11.1 Å². The molecule has 3 N–H and O–H groups in total. The van der Waals surface area contributed by atoms with Gasteiger partial charge in [-0.15, -0.1) is 21.5 Å². The topological polar surface area (TPSA) is 98.7 Å². The van der Waals surface area contributed by atoms with Crippen molar-refractivity contribution in [2.24, 2.45) is 0 Å². The van der Waals surface area contributed by atoms with E-state index >= 15 is 0 Å². The van der Waals surface area contributed by atoms with E-state index in [2.05, 4.69) is 20.5 Å². The summed E-state index contributed by atoms with van der Waals surface area (Å²) in [6.45, 7) is 3.77. The first-order valence-electron chi connectivity index (χ1n) is 7.75. The number of amides is 1. The van der Waals surface area contributed by atoms with E-state index in [1.807, 2.05) is 42.6 Å². The zero-order chi connectivity index (χ0) is 17.8. The molecular weight excluding hydrogens is 356 g/mol. The zero-order valence-corrected chi connectivity index (χ0v) is 15.5. The number of thioether (sulfide) groups is 1. The highest BCUT2D eigenvalue weighted by Crippen LogP contribution is 2.27. The van der Waals surface area contributed by atoms with Crippen molar-refractivity contribution < 1.29 is 4.79 Å². The molecule has 3 aromatic rings. The van der Waals surface area contributed by atoms with Gasteiger partial charge in [0.2, 0.25) is 11.9 Å². The van der Waals surface area contributed by atoms with E-state index in [0.717, 1.165) is 17.0 Å². The molecule has 0 aliphatic carbocycles. The van der Waals surface area contributed by atoms with E-state index in [1.54, 1.807) is 11.5 Å². The Labute approximate surface area is 153 Å². The number of carbonyl (C=O) groups excluding carboxylic acids is 1. The molecule has 130 valence electrons. The fraction of sp³-hybridized carbons (Fsp3) is 0.250. The highest BCUT2D eigenvalue weighted by atomic mass is 32.2. The highest BCUT2D eigenvalue weighted by molar-refractivity contribution is 7.99. The van der Waals surface area contributed by atoms with Gasteiger partial charge in [0.05, 0.1) is 5.69 Å². The third kappa shape index (κ3) is 3.83. The van der Waals surface area contributed by atoms with Crippen LogP contribution in [0.15, 0.2) is 40.9 Å². The number of carbonyl (C=O) groups is 1. The summed E-state index contributed by atoms with van der Waals surface area (Å²) in [5, 5.41) is 13.8. The lowest BCUT2D eigenvalue weighted by Gasteiger charge is -2.15. The first kappa shape index (κ1) is 17.4. The SMILES string of the molecule is CCSc1nnc(N)n1C(C)C(=O)Nc1nc(-c2ccccc2)cs1. The summed E-state index contributed by atoms with van der Waals surface area (Å²) in [5.41, 5.74) is 7.71. The van der Waals surface area contributed by atoms with Crippen LogP contribution < -0.4 is 11.1 Å². The third-order valence-electron chi connectivity index (χ3n) is 3.53. The average Bonchev–Trinajstić information content (AvgIpc) is 3.22. The summed E-state index contributed by atoms with van der Waals surface area (Å²) in [4.78, 5) is 17.1. The molecule has 1 atom stereocenters. The molecule has 2 aromatic heterocycles. The van der Waals surface area contributed by atoms with Crippen LogP contribution in [0.3, 0.4) is 0 Å². The molecule has 0 spiro atoms. The van der Waals surface area contributed by atoms with Crippen LogP contribution in [0.1, 0.15) is 19.9 Å². The van der Waals surface area contributed by atoms with E-state index in [-0.39, 0.29) is 11.9 Å². The summed E-state index contributed by atoms with van der Waals surface area (Å²) in [7, 11) is 0. The lowest BCUT2D eigenvalue weighted by molar-refractivity contribution is -0.118. The molecule has 0 radical (unpaired) electrons. The van der Waals surface area contributed by atoms with Crippen molar-refractivity contribution in [3.63, 3.8) is 0 Å². The zero-order valence-electron chi connectivity index (χ0n) is 13.8. The molecular formula is C16H18N6OS2. The lowest BCUT2D eigenvalue weighted by Crippen LogP contribution is -2.25. The van der Waals surface area contributed by atoms with Gasteiger partial charge in [-0.2, -0.15) is 0 Å². The number of nitrogens with zero attached hydrogens (tertiary/aromatic N) is 4. The maximum Gasteiger partial charge on any atom is 0.249 e. The third-order valence-corrected chi connectivity index (χ3v) is 5.12. The van der Waals surface area contributed by atoms with Gasteiger partial charge in [0, 0.05) is 10.9 Å². The fourth-order valence-corrected chi connectivity index (χ4v) is 3.75. The summed E-state index contributed by atoms with van der Waals surface area (Å²) in [6, 6.07) is 9.29. The smallest absolute Gasteiger partial charge is 0.249 e. The number of thiazole rings is 1. The summed E-state index contributed by atoms with van der Waals surface area (Å²) < 4.78 is 1.63. The number of benzene rings is 1. The van der Waals surface area contributed by atoms with Crippen molar-refractivity contribution in [2.75, 3.05) is 16.8 Å². The maximum atomic E-state index is 12.6. The lowest BCUT2D eigenvalue weighted by atomic mass is 10.2. The standard InChI is InChI=1S/C16H18N6OS2/c1-3-24-16-21-20-14(17)22(16)10(2)13(23)19-15-18-12(9-25-15)11-7-5-4-6-8-11/h4-10H,3H2,1-2H3,(H2,17,20)(H,18,19,23). The van der Waals surface area contributed by atoms with Gasteiger partial charge in [-0.1, -0.05) is 49.0 Å². The predicted octanol–water partition coefficient (Wildman–Crippen LogP) is 3.30. The normalized spacial score (nSPS) is 12.1. The number of hydrogen-bond donors (Lipinski definition) is 2. The van der Waals surface area contributed by atoms with Crippen LogP contribution in [0.4, 0.5) is 11.1 Å². The molecule has 7 nitrogen and oxygen atoms in total. The van der Waals surface area contributed by atoms with E-state index < -0.39 is 6.04 Å². The van der Waals surface area contributed by atoms with Crippen molar-refractivity contribution in [3.8, 4) is 11.3 Å². The Morgan fingerprint density at radius 2 is 2.12 bits per heavy atom. The maximum absolute atomic E-state index is 12.6. The molecule has 3 rings (SSSR count). The molecule has 0 aliphatic heterocycles. The number of nitrogens with one attached hydrogen (secondary N) is 1. The minimum atomic E-state index is -0.534. The van der Waals surface area contributed by atoms with Crippen molar-refractivity contribution in [2.45, 2.75) is 25.0 Å². The van der Waals surface area contributed by atoms with Crippen LogP contribution in [-0.2, 0) is 4.79 Å². The van der Waals surface area contributed by atoms with Crippen molar-refractivity contribution >= 4 is 40.1 Å². The Morgan fingerprint density at radius 3 is 2.84 bits per heavy atom. The first-order chi connectivity index (χ1) is 12.1. The van der Waals surface area contributed by atoms with Crippen LogP contribution in [0.2, 0.25) is 0 Å². The molecule has 25 heavy (non-hydrogen) atoms. The van der Waals surface area contributed by atoms with Crippen molar-refractivity contribution in [1.29, 1.82) is 0 Å². The summed E-state index contributed by atoms with van der Waals surface area (Å²) >= 11 is 2.88. The van der Waals surface area contributed by atoms with Gasteiger partial charge in [0.1, 0.15) is 6.04 Å². The molecule has 0 aliphatic rings. The Morgan fingerprint density at radius 1 is 1.36 bits per heavy atom. The van der Waals surface area contributed by atoms with E-state index in [4.69, 9.17) is 5.73 Å². The van der Waals surface area contributed by atoms with Crippen LogP contribution in [0.5, 0.6) is 0 Å². The van der Waals surface area contributed by atoms with Crippen LogP contribution in [0.25, 0.3) is 11.3 Å². The van der Waals surface area contributed by atoms with Gasteiger partial charge in [-0.05, 0) is 12.7 Å². The molecule has 1 unspecified atom stereocenters. The quantitative estimate of drug-likeness (QED) is 0.642. The molecule has 1 aromatic carbocycles. The van der Waals surface area contributed by atoms with Crippen molar-refractivity contribution in [1.82, 2.24) is 19.7 Å². The highest BCUT2D eigenvalue weighted by Gasteiger charge is 2.22. The minimum absolute atomic E-state index is 0.210. The summed E-state index contributed by atoms with van der Waals surface area (Å²) in [6.07, 6.45) is 0. The van der Waals surface area contributed by atoms with Gasteiger partial charge in [0.25, 0.3) is 0 Å². The predicted molar refractivity (Wildman–Crippen MR) is 102 cm³/mol. The number of rotatable bonds is 6. The Hall–Kier alpha value is -2.39. The van der Waals surface area contributed by atoms with Crippen molar-refractivity contribution in [3.05, 3.63) is 35.7 Å². The molecule has 9 heteroatoms. The van der Waals surface area contributed by atoms with Crippen LogP contribution in [0, 0.1) is 0 Å². The second-order valence-corrected chi connectivity index (χ2v) is 7.30. The second-order valence-electron chi connectivity index (χ2n) is 5.21. The monoisotopic (exact) mass is 374 g/mol. The average molecular weight is 374 g/mol. The second kappa shape index (κ2) is 7.66. The van der Waals surface area contributed by atoms with Gasteiger partial charge in [-0.3, -0.25) is 9.36 Å². The molecule has 1 amide bonds. The van der Waals surface area contributed by atoms with E-state index in [1.165, 1.54) is 23.1 Å². The number of nitrogens with two attached hydrogens (primary N) is 1. The molecule has 0 fully saturated rings. The number of aromatic nitrogens is 4. The molecule has 2 heterocycles. The molecule has 0 saturated carbocycles. The largest absolute Gasteiger partial charge is 0.368 e. The number of hydrogen-bond acceptors (Lipinski definition) is 7. The molecule has 0 bridgehead atoms. The van der Waals surface area contributed by atoms with E-state index in [9.17, 15) is 4.79 Å². The number of anilines is 2. The van der Waals surface area contributed by atoms with Gasteiger partial charge in [-0.25, -0.2) is 4.98 Å². The minimum Gasteiger partial charge on any atom is -0.368 e. The molecule has 0 saturated heterocycles. The summed E-state index contributed by atoms with van der Waals surface area (Å²) in [5.74, 6) is 0.834. The first-order valence-corrected chi connectivity index (χ1v) is 9.61. The van der Waals surface area contributed by atoms with Gasteiger partial charge >= 0.3 is 0 Å².